The fourth-order valence-electron chi connectivity index (χ4n) is 2.68. The number of likely N-dealkylation sites (tertiary alicyclic amines) is 1. The molecule has 0 unspecified atom stereocenters. The summed E-state index contributed by atoms with van der Waals surface area (Å²) in [5, 5.41) is 9.47. The van der Waals surface area contributed by atoms with Crippen LogP contribution in [0.2, 0.25) is 0 Å². The molecule has 0 radical (unpaired) electrons. The Hall–Kier alpha value is -1.62. The van der Waals surface area contributed by atoms with E-state index in [0.717, 1.165) is 31.6 Å². The van der Waals surface area contributed by atoms with Crippen LogP contribution in [-0.4, -0.2) is 39.0 Å². The summed E-state index contributed by atoms with van der Waals surface area (Å²) in [6.07, 6.45) is 7.32. The molecule has 0 amide bonds. The molecule has 5 heteroatoms. The third kappa shape index (κ3) is 2.61. The first kappa shape index (κ1) is 12.8. The molecule has 1 aromatic rings. The lowest BCUT2D eigenvalue weighted by atomic mass is 9.77. The molecular formula is C13H19N3O2. The third-order valence-corrected chi connectivity index (χ3v) is 3.59. The second-order valence-electron chi connectivity index (χ2n) is 4.97. The lowest BCUT2D eigenvalue weighted by Gasteiger charge is -2.39. The van der Waals surface area contributed by atoms with Gasteiger partial charge in [-0.25, -0.2) is 4.98 Å². The molecular weight excluding hydrogens is 230 g/mol. The van der Waals surface area contributed by atoms with E-state index in [1.54, 1.807) is 18.6 Å². The number of imidazole rings is 1. The van der Waals surface area contributed by atoms with Crippen molar-refractivity contribution in [2.75, 3.05) is 13.1 Å². The molecule has 1 aliphatic rings. The van der Waals surface area contributed by atoms with Crippen LogP contribution in [0.25, 0.3) is 0 Å². The normalized spacial score (nSPS) is 24.9. The average Bonchev–Trinajstić information content (AvgIpc) is 2.82. The van der Waals surface area contributed by atoms with Crippen molar-refractivity contribution in [2.24, 2.45) is 5.41 Å². The molecule has 2 heterocycles. The second-order valence-corrected chi connectivity index (χ2v) is 4.97. The summed E-state index contributed by atoms with van der Waals surface area (Å²) in [4.78, 5) is 20.7. The molecule has 1 aliphatic heterocycles. The van der Waals surface area contributed by atoms with Crippen LogP contribution in [0, 0.1) is 5.41 Å². The molecule has 2 rings (SSSR count). The number of allylic oxidation sites excluding steroid dienone is 1. The van der Waals surface area contributed by atoms with Crippen molar-refractivity contribution >= 4 is 5.97 Å². The molecule has 1 aromatic heterocycles. The number of carboxylic acids is 1. The summed E-state index contributed by atoms with van der Waals surface area (Å²) in [6, 6.07) is 0. The Morgan fingerprint density at radius 2 is 2.56 bits per heavy atom. The van der Waals surface area contributed by atoms with Crippen LogP contribution in [-0.2, 0) is 11.3 Å². The van der Waals surface area contributed by atoms with Crippen molar-refractivity contribution in [2.45, 2.75) is 25.8 Å². The van der Waals surface area contributed by atoms with Crippen molar-refractivity contribution in [3.63, 3.8) is 0 Å². The van der Waals surface area contributed by atoms with E-state index in [1.165, 1.54) is 0 Å². The van der Waals surface area contributed by atoms with Crippen LogP contribution >= 0.6 is 0 Å². The molecule has 5 nitrogen and oxygen atoms in total. The van der Waals surface area contributed by atoms with Gasteiger partial charge in [0, 0.05) is 25.0 Å². The first-order chi connectivity index (χ1) is 8.66. The first-order valence-corrected chi connectivity index (χ1v) is 6.20. The number of H-pyrrole nitrogens is 1. The average molecular weight is 249 g/mol. The molecule has 98 valence electrons. The van der Waals surface area contributed by atoms with Crippen molar-refractivity contribution in [3.05, 3.63) is 30.9 Å². The highest BCUT2D eigenvalue weighted by molar-refractivity contribution is 5.75. The van der Waals surface area contributed by atoms with Gasteiger partial charge in [-0.1, -0.05) is 6.08 Å². The molecule has 18 heavy (non-hydrogen) atoms. The van der Waals surface area contributed by atoms with Crippen molar-refractivity contribution in [3.8, 4) is 0 Å². The van der Waals surface area contributed by atoms with Crippen molar-refractivity contribution in [1.29, 1.82) is 0 Å². The van der Waals surface area contributed by atoms with Crippen molar-refractivity contribution < 1.29 is 9.90 Å². The second kappa shape index (κ2) is 5.35. The quantitative estimate of drug-likeness (QED) is 0.779. The number of nitrogens with zero attached hydrogens (tertiary/aromatic N) is 2. The van der Waals surface area contributed by atoms with E-state index in [9.17, 15) is 9.90 Å². The third-order valence-electron chi connectivity index (χ3n) is 3.59. The maximum absolute atomic E-state index is 11.5. The Bertz CT molecular complexity index is 416. The number of hydrogen-bond donors (Lipinski definition) is 2. The molecule has 1 saturated heterocycles. The highest BCUT2D eigenvalue weighted by Crippen LogP contribution is 2.34. The monoisotopic (exact) mass is 249 g/mol. The lowest BCUT2D eigenvalue weighted by Crippen LogP contribution is -2.47. The van der Waals surface area contributed by atoms with Crippen LogP contribution in [0.5, 0.6) is 0 Å². The maximum atomic E-state index is 11.5. The van der Waals surface area contributed by atoms with Crippen molar-refractivity contribution in [1.82, 2.24) is 14.9 Å². The van der Waals surface area contributed by atoms with Gasteiger partial charge >= 0.3 is 5.97 Å². The van der Waals surface area contributed by atoms with Crippen LogP contribution in [0.1, 0.15) is 25.0 Å². The Morgan fingerprint density at radius 1 is 1.72 bits per heavy atom. The summed E-state index contributed by atoms with van der Waals surface area (Å²) in [6.45, 7) is 5.93. The largest absolute Gasteiger partial charge is 0.481 e. The molecule has 0 spiro atoms. The molecule has 0 aromatic carbocycles. The minimum Gasteiger partial charge on any atom is -0.481 e. The first-order valence-electron chi connectivity index (χ1n) is 6.20. The van der Waals surface area contributed by atoms with E-state index < -0.39 is 11.4 Å². The van der Waals surface area contributed by atoms with E-state index >= 15 is 0 Å². The Labute approximate surface area is 107 Å². The molecule has 1 atom stereocenters. The van der Waals surface area contributed by atoms with Crippen LogP contribution in [0.15, 0.2) is 25.2 Å². The fourth-order valence-corrected chi connectivity index (χ4v) is 2.68. The molecule has 2 N–H and O–H groups in total. The van der Waals surface area contributed by atoms with E-state index in [2.05, 4.69) is 21.4 Å². The number of piperidine rings is 1. The molecule has 0 saturated carbocycles. The topological polar surface area (TPSA) is 69.2 Å². The van der Waals surface area contributed by atoms with E-state index in [-0.39, 0.29) is 0 Å². The van der Waals surface area contributed by atoms with Gasteiger partial charge in [0.25, 0.3) is 0 Å². The van der Waals surface area contributed by atoms with Gasteiger partial charge in [0.05, 0.1) is 11.7 Å². The summed E-state index contributed by atoms with van der Waals surface area (Å²) in [5.74, 6) is -0.711. The number of hydrogen-bond acceptors (Lipinski definition) is 3. The maximum Gasteiger partial charge on any atom is 0.311 e. The Morgan fingerprint density at radius 3 is 3.17 bits per heavy atom. The number of carbonyl (C=O) groups is 1. The van der Waals surface area contributed by atoms with E-state index in [4.69, 9.17) is 0 Å². The molecule has 0 aliphatic carbocycles. The Kier molecular flexibility index (Phi) is 3.81. The summed E-state index contributed by atoms with van der Waals surface area (Å²) in [5.41, 5.74) is 0.356. The van der Waals surface area contributed by atoms with Gasteiger partial charge in [0.2, 0.25) is 0 Å². The Balaban J connectivity index is 2.06. The summed E-state index contributed by atoms with van der Waals surface area (Å²) in [7, 11) is 0. The number of rotatable bonds is 5. The zero-order valence-corrected chi connectivity index (χ0v) is 10.4. The van der Waals surface area contributed by atoms with Crippen LogP contribution in [0.3, 0.4) is 0 Å². The highest BCUT2D eigenvalue weighted by atomic mass is 16.4. The standard InChI is InChI=1S/C13H19N3O2/c1-2-4-13(12(17)18)5-3-6-16(9-13)8-11-7-14-10-15-11/h2,7,10H,1,3-6,8-9H2,(H,14,15)(H,17,18)/t13-/m1/s1. The predicted octanol–water partition coefficient (Wildman–Crippen LogP) is 1.65. The van der Waals surface area contributed by atoms with Crippen LogP contribution < -0.4 is 0 Å². The van der Waals surface area contributed by atoms with Gasteiger partial charge in [-0.2, -0.15) is 0 Å². The van der Waals surface area contributed by atoms with Gasteiger partial charge in [0.15, 0.2) is 0 Å². The zero-order valence-electron chi connectivity index (χ0n) is 10.4. The lowest BCUT2D eigenvalue weighted by molar-refractivity contribution is -0.152. The molecule has 0 bridgehead atoms. The number of carboxylic acid groups (broad SMARTS) is 1. The number of nitrogens with one attached hydrogen (secondary N) is 1. The zero-order chi connectivity index (χ0) is 13.0. The number of aromatic amines is 1. The van der Waals surface area contributed by atoms with Crippen LogP contribution in [0.4, 0.5) is 0 Å². The highest BCUT2D eigenvalue weighted by Gasteiger charge is 2.41. The van der Waals surface area contributed by atoms with Gasteiger partial charge in [-0.3, -0.25) is 9.69 Å². The molecule has 1 fully saturated rings. The number of aromatic nitrogens is 2. The van der Waals surface area contributed by atoms with Gasteiger partial charge in [0.1, 0.15) is 0 Å². The van der Waals surface area contributed by atoms with Gasteiger partial charge in [-0.05, 0) is 25.8 Å². The minimum absolute atomic E-state index is 0.530. The van der Waals surface area contributed by atoms with E-state index in [0.29, 0.717) is 13.0 Å². The predicted molar refractivity (Wildman–Crippen MR) is 68.0 cm³/mol. The van der Waals surface area contributed by atoms with Gasteiger partial charge in [-0.15, -0.1) is 6.58 Å². The van der Waals surface area contributed by atoms with E-state index in [1.807, 2.05) is 0 Å². The SMILES string of the molecule is C=CC[C@@]1(C(=O)O)CCCN(Cc2cnc[nH]2)C1. The number of aliphatic carboxylic acids is 1. The summed E-state index contributed by atoms with van der Waals surface area (Å²) >= 11 is 0. The van der Waals surface area contributed by atoms with Gasteiger partial charge < -0.3 is 10.1 Å². The summed E-state index contributed by atoms with van der Waals surface area (Å²) < 4.78 is 0. The smallest absolute Gasteiger partial charge is 0.311 e. The fraction of sp³-hybridized carbons (Fsp3) is 0.538. The minimum atomic E-state index is -0.711.